The Morgan fingerprint density at radius 3 is 2.27 bits per heavy atom. The van der Waals surface area contributed by atoms with Gasteiger partial charge in [0.05, 0.1) is 12.2 Å². The van der Waals surface area contributed by atoms with E-state index in [2.05, 4.69) is 11.8 Å². The third kappa shape index (κ3) is 2.15. The van der Waals surface area contributed by atoms with Crippen LogP contribution in [-0.4, -0.2) is 47.0 Å². The molecule has 1 rings (SSSR count). The van der Waals surface area contributed by atoms with Crippen molar-refractivity contribution in [2.24, 2.45) is 0 Å². The number of aliphatic hydroxyl groups is 2. The summed E-state index contributed by atoms with van der Waals surface area (Å²) in [7, 11) is 0. The molecule has 1 fully saturated rings. The Morgan fingerprint density at radius 2 is 1.91 bits per heavy atom. The minimum absolute atomic E-state index is 0.0927. The highest BCUT2D eigenvalue weighted by atomic mass is 16.3. The SMILES string of the molecule is CCN1CCC(O)(CO)CC1. The summed E-state index contributed by atoms with van der Waals surface area (Å²) >= 11 is 0. The van der Waals surface area contributed by atoms with Crippen molar-refractivity contribution >= 4 is 0 Å². The normalized spacial score (nSPS) is 25.4. The molecular weight excluding hydrogens is 142 g/mol. The third-order valence-electron chi connectivity index (χ3n) is 2.53. The van der Waals surface area contributed by atoms with Gasteiger partial charge in [-0.3, -0.25) is 0 Å². The zero-order valence-corrected chi connectivity index (χ0v) is 7.08. The van der Waals surface area contributed by atoms with Gasteiger partial charge in [0.15, 0.2) is 0 Å². The van der Waals surface area contributed by atoms with Crippen LogP contribution in [0, 0.1) is 0 Å². The molecule has 0 unspecified atom stereocenters. The highest BCUT2D eigenvalue weighted by Crippen LogP contribution is 2.20. The summed E-state index contributed by atoms with van der Waals surface area (Å²) in [6, 6.07) is 0. The first-order valence-corrected chi connectivity index (χ1v) is 4.26. The molecule has 66 valence electrons. The first-order valence-electron chi connectivity index (χ1n) is 4.26. The van der Waals surface area contributed by atoms with Crippen LogP contribution in [0.2, 0.25) is 0 Å². The predicted molar refractivity (Wildman–Crippen MR) is 43.4 cm³/mol. The van der Waals surface area contributed by atoms with Gasteiger partial charge < -0.3 is 15.1 Å². The second-order valence-electron chi connectivity index (χ2n) is 3.32. The maximum atomic E-state index is 9.62. The minimum Gasteiger partial charge on any atom is -0.393 e. The van der Waals surface area contributed by atoms with E-state index in [1.165, 1.54) is 0 Å². The van der Waals surface area contributed by atoms with Crippen LogP contribution < -0.4 is 0 Å². The fourth-order valence-electron chi connectivity index (χ4n) is 1.44. The van der Waals surface area contributed by atoms with E-state index in [9.17, 15) is 5.11 Å². The molecule has 1 aliphatic rings. The zero-order valence-electron chi connectivity index (χ0n) is 7.08. The van der Waals surface area contributed by atoms with Crippen LogP contribution in [0.3, 0.4) is 0 Å². The van der Waals surface area contributed by atoms with Gasteiger partial charge in [0.25, 0.3) is 0 Å². The summed E-state index contributed by atoms with van der Waals surface area (Å²) in [5.41, 5.74) is -0.786. The molecule has 3 nitrogen and oxygen atoms in total. The van der Waals surface area contributed by atoms with Gasteiger partial charge in [0.1, 0.15) is 0 Å². The Balaban J connectivity index is 2.35. The van der Waals surface area contributed by atoms with Crippen molar-refractivity contribution < 1.29 is 10.2 Å². The maximum absolute atomic E-state index is 9.62. The summed E-state index contributed by atoms with van der Waals surface area (Å²) in [6.07, 6.45) is 1.41. The van der Waals surface area contributed by atoms with Crippen molar-refractivity contribution in [1.82, 2.24) is 4.90 Å². The van der Waals surface area contributed by atoms with Crippen molar-refractivity contribution in [1.29, 1.82) is 0 Å². The van der Waals surface area contributed by atoms with E-state index in [1.807, 2.05) is 0 Å². The molecule has 0 atom stereocenters. The standard InChI is InChI=1S/C8H17NO2/c1-2-9-5-3-8(11,7-10)4-6-9/h10-11H,2-7H2,1H3. The summed E-state index contributed by atoms with van der Waals surface area (Å²) in [5, 5.41) is 18.5. The van der Waals surface area contributed by atoms with Gasteiger partial charge in [-0.1, -0.05) is 6.92 Å². The Kier molecular flexibility index (Phi) is 2.87. The van der Waals surface area contributed by atoms with Crippen LogP contribution in [0.5, 0.6) is 0 Å². The number of rotatable bonds is 2. The largest absolute Gasteiger partial charge is 0.393 e. The topological polar surface area (TPSA) is 43.7 Å². The number of hydrogen-bond acceptors (Lipinski definition) is 3. The molecule has 0 saturated carbocycles. The quantitative estimate of drug-likeness (QED) is 0.587. The molecule has 0 spiro atoms. The molecule has 1 heterocycles. The van der Waals surface area contributed by atoms with Crippen molar-refractivity contribution in [3.05, 3.63) is 0 Å². The maximum Gasteiger partial charge on any atom is 0.0901 e. The molecule has 3 heteroatoms. The monoisotopic (exact) mass is 159 g/mol. The van der Waals surface area contributed by atoms with Gasteiger partial charge in [-0.2, -0.15) is 0 Å². The number of nitrogens with zero attached hydrogens (tertiary/aromatic N) is 1. The summed E-state index contributed by atoms with van der Waals surface area (Å²) in [6.45, 7) is 4.89. The highest BCUT2D eigenvalue weighted by molar-refractivity contribution is 4.84. The molecule has 0 aromatic carbocycles. The van der Waals surface area contributed by atoms with Gasteiger partial charge in [0, 0.05) is 13.1 Å². The fraction of sp³-hybridized carbons (Fsp3) is 1.00. The molecule has 0 amide bonds. The second kappa shape index (κ2) is 3.52. The Hall–Kier alpha value is -0.120. The number of hydrogen-bond donors (Lipinski definition) is 2. The predicted octanol–water partition coefficient (Wildman–Crippen LogP) is -0.175. The molecule has 1 aliphatic heterocycles. The van der Waals surface area contributed by atoms with Gasteiger partial charge in [-0.15, -0.1) is 0 Å². The average Bonchev–Trinajstić information content (AvgIpc) is 2.06. The molecule has 0 aliphatic carbocycles. The van der Waals surface area contributed by atoms with E-state index in [4.69, 9.17) is 5.11 Å². The van der Waals surface area contributed by atoms with Crippen LogP contribution in [0.15, 0.2) is 0 Å². The first-order chi connectivity index (χ1) is 5.20. The van der Waals surface area contributed by atoms with Crippen LogP contribution in [0.1, 0.15) is 19.8 Å². The van der Waals surface area contributed by atoms with E-state index in [0.29, 0.717) is 12.8 Å². The fourth-order valence-corrected chi connectivity index (χ4v) is 1.44. The zero-order chi connectivity index (χ0) is 8.32. The van der Waals surface area contributed by atoms with Gasteiger partial charge >= 0.3 is 0 Å². The molecule has 0 aromatic heterocycles. The van der Waals surface area contributed by atoms with Crippen molar-refractivity contribution in [2.45, 2.75) is 25.4 Å². The second-order valence-corrected chi connectivity index (χ2v) is 3.32. The Labute approximate surface area is 67.6 Å². The Morgan fingerprint density at radius 1 is 1.36 bits per heavy atom. The van der Waals surface area contributed by atoms with Crippen LogP contribution in [-0.2, 0) is 0 Å². The highest BCUT2D eigenvalue weighted by Gasteiger charge is 2.30. The van der Waals surface area contributed by atoms with Crippen LogP contribution >= 0.6 is 0 Å². The third-order valence-corrected chi connectivity index (χ3v) is 2.53. The van der Waals surface area contributed by atoms with Gasteiger partial charge in [-0.25, -0.2) is 0 Å². The number of likely N-dealkylation sites (tertiary alicyclic amines) is 1. The smallest absolute Gasteiger partial charge is 0.0901 e. The van der Waals surface area contributed by atoms with Crippen LogP contribution in [0.25, 0.3) is 0 Å². The average molecular weight is 159 g/mol. The molecule has 0 aromatic rings. The van der Waals surface area contributed by atoms with Crippen molar-refractivity contribution in [2.75, 3.05) is 26.2 Å². The molecule has 0 radical (unpaired) electrons. The summed E-state index contributed by atoms with van der Waals surface area (Å²) in [4.78, 5) is 2.28. The van der Waals surface area contributed by atoms with E-state index >= 15 is 0 Å². The van der Waals surface area contributed by atoms with E-state index in [0.717, 1.165) is 19.6 Å². The van der Waals surface area contributed by atoms with Crippen molar-refractivity contribution in [3.8, 4) is 0 Å². The molecule has 0 bridgehead atoms. The molecule has 2 N–H and O–H groups in total. The number of piperidine rings is 1. The van der Waals surface area contributed by atoms with E-state index in [1.54, 1.807) is 0 Å². The Bertz CT molecular complexity index is 119. The minimum atomic E-state index is -0.786. The lowest BCUT2D eigenvalue weighted by Crippen LogP contribution is -2.46. The molecular formula is C8H17NO2. The van der Waals surface area contributed by atoms with Crippen LogP contribution in [0.4, 0.5) is 0 Å². The van der Waals surface area contributed by atoms with Gasteiger partial charge in [-0.05, 0) is 19.4 Å². The summed E-state index contributed by atoms with van der Waals surface area (Å²) < 4.78 is 0. The first kappa shape index (κ1) is 8.97. The van der Waals surface area contributed by atoms with Gasteiger partial charge in [0.2, 0.25) is 0 Å². The lowest BCUT2D eigenvalue weighted by atomic mass is 9.92. The molecule has 11 heavy (non-hydrogen) atoms. The van der Waals surface area contributed by atoms with E-state index < -0.39 is 5.60 Å². The number of aliphatic hydroxyl groups excluding tert-OH is 1. The molecule has 1 saturated heterocycles. The van der Waals surface area contributed by atoms with E-state index in [-0.39, 0.29) is 6.61 Å². The lowest BCUT2D eigenvalue weighted by Gasteiger charge is -2.36. The van der Waals surface area contributed by atoms with Crippen molar-refractivity contribution in [3.63, 3.8) is 0 Å². The lowest BCUT2D eigenvalue weighted by molar-refractivity contribution is -0.0585. The summed E-state index contributed by atoms with van der Waals surface area (Å²) in [5.74, 6) is 0.